The molecule has 0 saturated carbocycles. The lowest BCUT2D eigenvalue weighted by atomic mass is 9.89. The van der Waals surface area contributed by atoms with Crippen LogP contribution in [0.15, 0.2) is 24.3 Å². The van der Waals surface area contributed by atoms with Gasteiger partial charge in [-0.2, -0.15) is 0 Å². The third-order valence-electron chi connectivity index (χ3n) is 3.28. The highest BCUT2D eigenvalue weighted by atomic mass is 16.5. The molecule has 2 heteroatoms. The van der Waals surface area contributed by atoms with E-state index < -0.39 is 0 Å². The van der Waals surface area contributed by atoms with Gasteiger partial charge in [0, 0.05) is 0 Å². The molecule has 0 aromatic heterocycles. The lowest BCUT2D eigenvalue weighted by Crippen LogP contribution is -2.16. The minimum atomic E-state index is -0.137. The fourth-order valence-corrected chi connectivity index (χ4v) is 2.33. The van der Waals surface area contributed by atoms with Crippen LogP contribution >= 0.6 is 0 Å². The number of carbonyl (C=O) groups is 1. The van der Waals surface area contributed by atoms with E-state index in [2.05, 4.69) is 30.4 Å². The number of methoxy groups -OCH3 is 1. The molecule has 0 bridgehead atoms. The summed E-state index contributed by atoms with van der Waals surface area (Å²) < 4.78 is 4.77. The summed E-state index contributed by atoms with van der Waals surface area (Å²) in [5.41, 5.74) is 3.94. The summed E-state index contributed by atoms with van der Waals surface area (Å²) in [6.07, 6.45) is 7.35. The van der Waals surface area contributed by atoms with E-state index in [0.717, 1.165) is 19.3 Å². The largest absolute Gasteiger partial charge is 0.469 e. The second kappa shape index (κ2) is 11.1. The topological polar surface area (TPSA) is 26.3 Å². The average molecular weight is 290 g/mol. The molecule has 2 rings (SSSR count). The summed E-state index contributed by atoms with van der Waals surface area (Å²) in [5.74, 6) is -0.218. The van der Waals surface area contributed by atoms with Gasteiger partial charge in [-0.1, -0.05) is 65.0 Å². The first-order chi connectivity index (χ1) is 10.2. The van der Waals surface area contributed by atoms with Crippen LogP contribution in [0.1, 0.15) is 57.7 Å². The highest BCUT2D eigenvalue weighted by Gasteiger charge is 2.16. The molecule has 0 aliphatic heterocycles. The number of ether oxygens (including phenoxy) is 1. The van der Waals surface area contributed by atoms with Gasteiger partial charge in [-0.25, -0.2) is 0 Å². The first kappa shape index (κ1) is 19.4. The van der Waals surface area contributed by atoms with Gasteiger partial charge in [-0.15, -0.1) is 0 Å². The molecular formula is C19H30O2. The maximum Gasteiger partial charge on any atom is 0.308 e. The third kappa shape index (κ3) is 5.74. The van der Waals surface area contributed by atoms with E-state index in [4.69, 9.17) is 4.74 Å². The minimum absolute atomic E-state index is 0.0816. The first-order valence-corrected chi connectivity index (χ1v) is 8.07. The van der Waals surface area contributed by atoms with E-state index in [1.165, 1.54) is 23.8 Å². The normalized spacial score (nSPS) is 12.9. The molecule has 1 aliphatic rings. The van der Waals surface area contributed by atoms with Crippen LogP contribution in [0, 0.1) is 5.92 Å². The Morgan fingerprint density at radius 3 is 2.52 bits per heavy atom. The van der Waals surface area contributed by atoms with Gasteiger partial charge in [0.2, 0.25) is 0 Å². The van der Waals surface area contributed by atoms with Gasteiger partial charge in [0.05, 0.1) is 13.0 Å². The van der Waals surface area contributed by atoms with Crippen molar-refractivity contribution in [1.29, 1.82) is 0 Å². The van der Waals surface area contributed by atoms with Crippen molar-refractivity contribution >= 4 is 12.0 Å². The number of allylic oxidation sites excluding steroid dienone is 1. The number of benzene rings is 1. The Hall–Kier alpha value is -1.57. The summed E-state index contributed by atoms with van der Waals surface area (Å²) in [6.45, 7) is 9.91. The smallest absolute Gasteiger partial charge is 0.308 e. The number of hydrogen-bond acceptors (Lipinski definition) is 2. The summed E-state index contributed by atoms with van der Waals surface area (Å²) >= 11 is 0. The molecule has 1 atom stereocenters. The number of fused-ring (bicyclic) bond motifs is 1. The molecule has 0 unspecified atom stereocenters. The van der Waals surface area contributed by atoms with Crippen molar-refractivity contribution in [3.63, 3.8) is 0 Å². The van der Waals surface area contributed by atoms with Gasteiger partial charge in [0.25, 0.3) is 0 Å². The van der Waals surface area contributed by atoms with Crippen LogP contribution in [0.5, 0.6) is 0 Å². The number of rotatable bonds is 3. The predicted molar refractivity (Wildman–Crippen MR) is 91.4 cm³/mol. The fourth-order valence-electron chi connectivity index (χ4n) is 2.33. The number of hydrogen-bond donors (Lipinski definition) is 0. The van der Waals surface area contributed by atoms with Crippen molar-refractivity contribution in [3.05, 3.63) is 41.0 Å². The van der Waals surface area contributed by atoms with Crippen LogP contribution < -0.4 is 0 Å². The summed E-state index contributed by atoms with van der Waals surface area (Å²) in [5, 5.41) is 0. The number of aryl methyl sites for hydroxylation is 1. The van der Waals surface area contributed by atoms with Crippen LogP contribution in [-0.2, 0) is 22.4 Å². The molecule has 1 aliphatic carbocycles. The summed E-state index contributed by atoms with van der Waals surface area (Å²) in [4.78, 5) is 11.4. The quantitative estimate of drug-likeness (QED) is 0.728. The van der Waals surface area contributed by atoms with Crippen LogP contribution in [0.25, 0.3) is 6.08 Å². The predicted octanol–water partition coefficient (Wildman–Crippen LogP) is 5.05. The van der Waals surface area contributed by atoms with Crippen molar-refractivity contribution in [2.24, 2.45) is 5.92 Å². The standard InChI is InChI=1S/C15H18O2.2C2H6/c1-11(15(16)17-2)10-13-8-5-7-12-6-3-4-9-14(12)13;2*1-2/h4-5,7-9,11H,3,6,10H2,1-2H3;2*1-2H3/t11-;;/m1../s1. The Labute approximate surface area is 130 Å². The maximum absolute atomic E-state index is 11.4. The van der Waals surface area contributed by atoms with Crippen molar-refractivity contribution in [1.82, 2.24) is 0 Å². The van der Waals surface area contributed by atoms with E-state index in [0.29, 0.717) is 0 Å². The zero-order valence-electron chi connectivity index (χ0n) is 14.4. The van der Waals surface area contributed by atoms with Crippen molar-refractivity contribution in [2.75, 3.05) is 7.11 Å². The zero-order chi connectivity index (χ0) is 16.3. The van der Waals surface area contributed by atoms with E-state index >= 15 is 0 Å². The minimum Gasteiger partial charge on any atom is -0.469 e. The molecule has 0 amide bonds. The first-order valence-electron chi connectivity index (χ1n) is 8.07. The van der Waals surface area contributed by atoms with Gasteiger partial charge in [0.1, 0.15) is 0 Å². The highest BCUT2D eigenvalue weighted by molar-refractivity contribution is 5.72. The molecule has 0 N–H and O–H groups in total. The molecular weight excluding hydrogens is 260 g/mol. The molecule has 1 aromatic rings. The zero-order valence-corrected chi connectivity index (χ0v) is 14.4. The second-order valence-corrected chi connectivity index (χ2v) is 4.56. The van der Waals surface area contributed by atoms with Gasteiger partial charge in [-0.3, -0.25) is 4.79 Å². The maximum atomic E-state index is 11.4. The number of esters is 1. The van der Waals surface area contributed by atoms with Crippen molar-refractivity contribution < 1.29 is 9.53 Å². The van der Waals surface area contributed by atoms with Gasteiger partial charge >= 0.3 is 5.97 Å². The Kier molecular flexibility index (Phi) is 10.3. The van der Waals surface area contributed by atoms with Gasteiger partial charge in [0.15, 0.2) is 0 Å². The Balaban J connectivity index is 0.000000921. The molecule has 0 heterocycles. The van der Waals surface area contributed by atoms with E-state index in [1.807, 2.05) is 34.6 Å². The molecule has 2 nitrogen and oxygen atoms in total. The Morgan fingerprint density at radius 2 is 1.90 bits per heavy atom. The molecule has 1 aromatic carbocycles. The average Bonchev–Trinajstić information content (AvgIpc) is 2.58. The Morgan fingerprint density at radius 1 is 1.24 bits per heavy atom. The molecule has 0 saturated heterocycles. The van der Waals surface area contributed by atoms with Gasteiger partial charge < -0.3 is 4.74 Å². The molecule has 0 radical (unpaired) electrons. The summed E-state index contributed by atoms with van der Waals surface area (Å²) in [6, 6.07) is 6.36. The van der Waals surface area contributed by atoms with E-state index in [1.54, 1.807) is 0 Å². The Bertz CT molecular complexity index is 447. The number of carbonyl (C=O) groups excluding carboxylic acids is 1. The van der Waals surface area contributed by atoms with Crippen molar-refractivity contribution in [2.45, 2.75) is 53.9 Å². The third-order valence-corrected chi connectivity index (χ3v) is 3.28. The van der Waals surface area contributed by atoms with Crippen molar-refractivity contribution in [3.8, 4) is 0 Å². The fraction of sp³-hybridized carbons (Fsp3) is 0.526. The van der Waals surface area contributed by atoms with Crippen LogP contribution in [0.3, 0.4) is 0 Å². The van der Waals surface area contributed by atoms with E-state index in [9.17, 15) is 4.79 Å². The van der Waals surface area contributed by atoms with E-state index in [-0.39, 0.29) is 11.9 Å². The highest BCUT2D eigenvalue weighted by Crippen LogP contribution is 2.24. The monoisotopic (exact) mass is 290 g/mol. The lowest BCUT2D eigenvalue weighted by Gasteiger charge is -2.16. The van der Waals surface area contributed by atoms with Crippen LogP contribution in [0.2, 0.25) is 0 Å². The SMILES string of the molecule is CC.CC.COC(=O)[C@H](C)Cc1cccc2c1C=CCC2. The lowest BCUT2D eigenvalue weighted by molar-refractivity contribution is -0.144. The van der Waals surface area contributed by atoms with Gasteiger partial charge in [-0.05, 0) is 36.0 Å². The second-order valence-electron chi connectivity index (χ2n) is 4.56. The summed E-state index contributed by atoms with van der Waals surface area (Å²) in [7, 11) is 1.44. The van der Waals surface area contributed by atoms with Crippen LogP contribution in [-0.4, -0.2) is 13.1 Å². The van der Waals surface area contributed by atoms with Crippen LogP contribution in [0.4, 0.5) is 0 Å². The molecule has 21 heavy (non-hydrogen) atoms. The molecule has 118 valence electrons. The molecule has 0 spiro atoms. The molecule has 0 fully saturated rings.